The van der Waals surface area contributed by atoms with Crippen molar-refractivity contribution >= 4 is 5.91 Å². The lowest BCUT2D eigenvalue weighted by molar-refractivity contribution is -0.121. The third-order valence-electron chi connectivity index (χ3n) is 5.33. The molecule has 5 nitrogen and oxygen atoms in total. The summed E-state index contributed by atoms with van der Waals surface area (Å²) >= 11 is 0. The highest BCUT2D eigenvalue weighted by molar-refractivity contribution is 5.79. The maximum absolute atomic E-state index is 13.9. The predicted octanol–water partition coefficient (Wildman–Crippen LogP) is 2.19. The number of hydrogen-bond acceptors (Lipinski definition) is 4. The topological polar surface area (TPSA) is 73.4 Å². The van der Waals surface area contributed by atoms with Gasteiger partial charge in [-0.25, -0.2) is 13.2 Å². The number of hydrogen-bond donors (Lipinski definition) is 4. The fourth-order valence-electron chi connectivity index (χ4n) is 3.84. The molecular weight excluding hydrogens is 359 g/mol. The summed E-state index contributed by atoms with van der Waals surface area (Å²) in [7, 11) is 0. The van der Waals surface area contributed by atoms with Gasteiger partial charge in [-0.05, 0) is 38.3 Å². The Kier molecular flexibility index (Phi) is 5.88. The monoisotopic (exact) mass is 383 g/mol. The van der Waals surface area contributed by atoms with Crippen LogP contribution < -0.4 is 16.0 Å². The molecular formula is C19H24F3N3O2. The van der Waals surface area contributed by atoms with Crippen LogP contribution in [0.2, 0.25) is 0 Å². The van der Waals surface area contributed by atoms with Crippen LogP contribution in [0.3, 0.4) is 0 Å². The van der Waals surface area contributed by atoms with E-state index in [2.05, 4.69) is 16.0 Å². The summed E-state index contributed by atoms with van der Waals surface area (Å²) < 4.78 is 40.6. The lowest BCUT2D eigenvalue weighted by Crippen LogP contribution is -2.61. The normalized spacial score (nSPS) is 29.3. The number of amides is 1. The average molecular weight is 383 g/mol. The minimum absolute atomic E-state index is 0.0916. The van der Waals surface area contributed by atoms with Crippen LogP contribution in [0.15, 0.2) is 29.3 Å². The maximum Gasteiger partial charge on any atom is 0.224 e. The van der Waals surface area contributed by atoms with Gasteiger partial charge in [0.2, 0.25) is 5.91 Å². The zero-order chi connectivity index (χ0) is 19.7. The molecule has 1 aromatic rings. The van der Waals surface area contributed by atoms with Crippen LogP contribution in [0.25, 0.3) is 0 Å². The second-order valence-corrected chi connectivity index (χ2v) is 7.20. The number of fused-ring (bicyclic) bond motifs is 1. The highest BCUT2D eigenvalue weighted by Gasteiger charge is 2.38. The Balaban J connectivity index is 1.69. The minimum atomic E-state index is -1.12. The maximum atomic E-state index is 13.9. The van der Waals surface area contributed by atoms with Crippen molar-refractivity contribution < 1.29 is 23.1 Å². The van der Waals surface area contributed by atoms with Crippen LogP contribution in [0, 0.1) is 11.6 Å². The quantitative estimate of drug-likeness (QED) is 0.475. The zero-order valence-electron chi connectivity index (χ0n) is 15.2. The van der Waals surface area contributed by atoms with E-state index in [0.29, 0.717) is 18.4 Å². The SMILES string of the molecule is CC1=C(CC(=O)N[C@@H](C)c2ccc(F)cc2F)C(O)NC2CCC(F)NC12. The first-order valence-electron chi connectivity index (χ1n) is 9.04. The van der Waals surface area contributed by atoms with Gasteiger partial charge in [0.05, 0.1) is 12.5 Å². The van der Waals surface area contributed by atoms with Crippen LogP contribution in [-0.2, 0) is 4.79 Å². The summed E-state index contributed by atoms with van der Waals surface area (Å²) in [6.45, 7) is 3.37. The number of carbonyl (C=O) groups excluding carboxylic acids is 1. The number of aliphatic hydroxyl groups excluding tert-OH is 1. The molecule has 0 bridgehead atoms. The van der Waals surface area contributed by atoms with Gasteiger partial charge in [0.15, 0.2) is 6.30 Å². The van der Waals surface area contributed by atoms with Gasteiger partial charge in [0, 0.05) is 23.7 Å². The number of carbonyl (C=O) groups is 1. The van der Waals surface area contributed by atoms with Crippen molar-refractivity contribution in [2.24, 2.45) is 0 Å². The Morgan fingerprint density at radius 2 is 2.07 bits per heavy atom. The largest absolute Gasteiger partial charge is 0.375 e. The number of rotatable bonds is 4. The van der Waals surface area contributed by atoms with Crippen molar-refractivity contribution in [1.82, 2.24) is 16.0 Å². The van der Waals surface area contributed by atoms with Gasteiger partial charge in [-0.1, -0.05) is 11.6 Å². The molecule has 27 heavy (non-hydrogen) atoms. The summed E-state index contributed by atoms with van der Waals surface area (Å²) in [4.78, 5) is 12.4. The minimum Gasteiger partial charge on any atom is -0.375 e. The third kappa shape index (κ3) is 4.34. The molecule has 1 fully saturated rings. The van der Waals surface area contributed by atoms with Crippen molar-refractivity contribution in [2.45, 2.75) is 63.8 Å². The van der Waals surface area contributed by atoms with Crippen molar-refractivity contribution in [3.63, 3.8) is 0 Å². The smallest absolute Gasteiger partial charge is 0.224 e. The van der Waals surface area contributed by atoms with Gasteiger partial charge < -0.3 is 10.4 Å². The molecule has 0 spiro atoms. The molecule has 3 rings (SSSR count). The zero-order valence-corrected chi connectivity index (χ0v) is 15.2. The van der Waals surface area contributed by atoms with Gasteiger partial charge in [-0.15, -0.1) is 0 Å². The van der Waals surface area contributed by atoms with Crippen LogP contribution in [0.5, 0.6) is 0 Å². The first kappa shape index (κ1) is 19.9. The third-order valence-corrected chi connectivity index (χ3v) is 5.33. The molecule has 4 unspecified atom stereocenters. The van der Waals surface area contributed by atoms with E-state index in [0.717, 1.165) is 17.7 Å². The summed E-state index contributed by atoms with van der Waals surface area (Å²) in [6.07, 6.45) is -1.25. The molecule has 1 amide bonds. The Hall–Kier alpha value is -1.90. The predicted molar refractivity (Wildman–Crippen MR) is 94.2 cm³/mol. The van der Waals surface area contributed by atoms with E-state index in [4.69, 9.17) is 0 Å². The number of piperidine rings is 1. The van der Waals surface area contributed by atoms with Gasteiger partial charge in [-0.2, -0.15) is 0 Å². The Labute approximate surface area is 156 Å². The molecule has 0 aromatic heterocycles. The summed E-state index contributed by atoms with van der Waals surface area (Å²) in [6, 6.07) is 2.14. The summed E-state index contributed by atoms with van der Waals surface area (Å²) in [5, 5.41) is 18.9. The van der Waals surface area contributed by atoms with E-state index >= 15 is 0 Å². The first-order chi connectivity index (χ1) is 12.8. The molecule has 2 heterocycles. The van der Waals surface area contributed by atoms with Crippen LogP contribution in [0.1, 0.15) is 44.7 Å². The van der Waals surface area contributed by atoms with E-state index in [9.17, 15) is 23.1 Å². The molecule has 4 N–H and O–H groups in total. The molecule has 2 aliphatic rings. The van der Waals surface area contributed by atoms with Crippen molar-refractivity contribution in [2.75, 3.05) is 0 Å². The number of alkyl halides is 1. The second kappa shape index (κ2) is 8.00. The van der Waals surface area contributed by atoms with Crippen molar-refractivity contribution in [3.8, 4) is 0 Å². The van der Waals surface area contributed by atoms with Crippen LogP contribution >= 0.6 is 0 Å². The van der Waals surface area contributed by atoms with E-state index < -0.39 is 36.1 Å². The lowest BCUT2D eigenvalue weighted by atomic mass is 9.84. The summed E-state index contributed by atoms with van der Waals surface area (Å²) in [5.74, 6) is -1.83. The standard InChI is InChI=1S/C19H24F3N3O2/c1-9-13(19(27)24-15-5-6-16(22)25-18(9)15)8-17(26)23-10(2)12-4-3-11(20)7-14(12)21/h3-4,7,10,15-16,18-19,24-25,27H,5-6,8H2,1-2H3,(H,23,26)/t10-,15?,16?,18?,19?/m0/s1. The molecule has 1 saturated heterocycles. The molecule has 1 aromatic carbocycles. The van der Waals surface area contributed by atoms with E-state index in [1.165, 1.54) is 6.07 Å². The van der Waals surface area contributed by atoms with Crippen molar-refractivity contribution in [3.05, 3.63) is 46.5 Å². The van der Waals surface area contributed by atoms with Gasteiger partial charge in [-0.3, -0.25) is 15.4 Å². The number of aliphatic hydroxyl groups is 1. The molecule has 0 aliphatic carbocycles. The van der Waals surface area contributed by atoms with Gasteiger partial charge in [0.1, 0.15) is 17.9 Å². The summed E-state index contributed by atoms with van der Waals surface area (Å²) in [5.41, 5.74) is 1.39. The number of nitrogens with one attached hydrogen (secondary N) is 3. The second-order valence-electron chi connectivity index (χ2n) is 7.20. The number of halogens is 3. The molecule has 0 saturated carbocycles. The Morgan fingerprint density at radius 1 is 1.33 bits per heavy atom. The van der Waals surface area contributed by atoms with Gasteiger partial charge in [0.25, 0.3) is 0 Å². The van der Waals surface area contributed by atoms with E-state index in [1.54, 1.807) is 13.8 Å². The first-order valence-corrected chi connectivity index (χ1v) is 9.04. The van der Waals surface area contributed by atoms with E-state index in [1.807, 2.05) is 0 Å². The van der Waals surface area contributed by atoms with Crippen LogP contribution in [0.4, 0.5) is 13.2 Å². The molecule has 148 valence electrons. The highest BCUT2D eigenvalue weighted by Crippen LogP contribution is 2.29. The van der Waals surface area contributed by atoms with Crippen LogP contribution in [-0.4, -0.2) is 35.6 Å². The Morgan fingerprint density at radius 3 is 2.78 bits per heavy atom. The lowest BCUT2D eigenvalue weighted by Gasteiger charge is -2.42. The van der Waals surface area contributed by atoms with Gasteiger partial charge >= 0.3 is 0 Å². The fraction of sp³-hybridized carbons (Fsp3) is 0.526. The Bertz CT molecular complexity index is 756. The highest BCUT2D eigenvalue weighted by atomic mass is 19.1. The van der Waals surface area contributed by atoms with E-state index in [-0.39, 0.29) is 24.1 Å². The fourth-order valence-corrected chi connectivity index (χ4v) is 3.84. The number of benzene rings is 1. The molecule has 8 heteroatoms. The molecule has 5 atom stereocenters. The molecule has 2 aliphatic heterocycles. The average Bonchev–Trinajstić information content (AvgIpc) is 2.59. The molecule has 0 radical (unpaired) electrons. The van der Waals surface area contributed by atoms with Crippen molar-refractivity contribution in [1.29, 1.82) is 0 Å².